The molecule has 1 aromatic heterocycles. The predicted octanol–water partition coefficient (Wildman–Crippen LogP) is 2.62. The molecular formula is C16H28N4O. The van der Waals surface area contributed by atoms with Crippen molar-refractivity contribution in [1.82, 2.24) is 15.3 Å². The van der Waals surface area contributed by atoms with Gasteiger partial charge in [0.2, 0.25) is 5.88 Å². The molecule has 2 heterocycles. The van der Waals surface area contributed by atoms with Crippen LogP contribution in [0.5, 0.6) is 5.88 Å². The zero-order valence-corrected chi connectivity index (χ0v) is 13.5. The second kappa shape index (κ2) is 8.17. The average molecular weight is 292 g/mol. The molecule has 21 heavy (non-hydrogen) atoms. The lowest BCUT2D eigenvalue weighted by molar-refractivity contribution is 0.231. The molecule has 1 unspecified atom stereocenters. The highest BCUT2D eigenvalue weighted by Crippen LogP contribution is 2.18. The fourth-order valence-electron chi connectivity index (χ4n) is 2.62. The van der Waals surface area contributed by atoms with Gasteiger partial charge in [0.15, 0.2) is 5.82 Å². The monoisotopic (exact) mass is 292 g/mol. The summed E-state index contributed by atoms with van der Waals surface area (Å²) in [7, 11) is 0. The minimum atomic E-state index is 0.121. The van der Waals surface area contributed by atoms with Crippen molar-refractivity contribution >= 4 is 5.82 Å². The summed E-state index contributed by atoms with van der Waals surface area (Å²) in [6, 6.07) is 0.568. The summed E-state index contributed by atoms with van der Waals surface area (Å²) >= 11 is 0. The third-order valence-electron chi connectivity index (χ3n) is 3.66. The Morgan fingerprint density at radius 3 is 2.95 bits per heavy atom. The average Bonchev–Trinajstić information content (AvgIpc) is 2.96. The van der Waals surface area contributed by atoms with E-state index in [1.54, 1.807) is 6.20 Å². The van der Waals surface area contributed by atoms with Crippen LogP contribution in [-0.4, -0.2) is 41.7 Å². The van der Waals surface area contributed by atoms with E-state index in [0.29, 0.717) is 11.9 Å². The molecule has 1 saturated heterocycles. The Balaban J connectivity index is 2.06. The summed E-state index contributed by atoms with van der Waals surface area (Å²) in [5, 5.41) is 3.56. The van der Waals surface area contributed by atoms with E-state index in [-0.39, 0.29) is 6.10 Å². The highest BCUT2D eigenvalue weighted by Gasteiger charge is 2.19. The van der Waals surface area contributed by atoms with Crippen LogP contribution in [0.15, 0.2) is 12.4 Å². The van der Waals surface area contributed by atoms with Crippen molar-refractivity contribution < 1.29 is 4.74 Å². The maximum atomic E-state index is 5.66. The van der Waals surface area contributed by atoms with Gasteiger partial charge in [-0.3, -0.25) is 4.98 Å². The zero-order chi connectivity index (χ0) is 15.1. The summed E-state index contributed by atoms with van der Waals surface area (Å²) in [6.45, 7) is 9.38. The lowest BCUT2D eigenvalue weighted by Gasteiger charge is -2.27. The first-order valence-corrected chi connectivity index (χ1v) is 8.16. The highest BCUT2D eigenvalue weighted by atomic mass is 16.5. The van der Waals surface area contributed by atoms with Gasteiger partial charge in [-0.1, -0.05) is 13.3 Å². The van der Waals surface area contributed by atoms with Crippen LogP contribution in [0.4, 0.5) is 5.82 Å². The Morgan fingerprint density at radius 1 is 1.43 bits per heavy atom. The Hall–Kier alpha value is -1.36. The van der Waals surface area contributed by atoms with E-state index in [0.717, 1.165) is 25.5 Å². The zero-order valence-electron chi connectivity index (χ0n) is 13.5. The van der Waals surface area contributed by atoms with Crippen molar-refractivity contribution in [2.24, 2.45) is 0 Å². The van der Waals surface area contributed by atoms with Gasteiger partial charge in [0.05, 0.1) is 18.5 Å². The van der Waals surface area contributed by atoms with Gasteiger partial charge in [-0.25, -0.2) is 0 Å². The number of aromatic nitrogens is 2. The van der Waals surface area contributed by atoms with Crippen molar-refractivity contribution in [3.8, 4) is 5.88 Å². The molecule has 2 rings (SSSR count). The fraction of sp³-hybridized carbons (Fsp3) is 0.750. The molecule has 1 fully saturated rings. The van der Waals surface area contributed by atoms with Crippen molar-refractivity contribution in [3.05, 3.63) is 12.4 Å². The van der Waals surface area contributed by atoms with Gasteiger partial charge in [-0.05, 0) is 39.7 Å². The van der Waals surface area contributed by atoms with Crippen molar-refractivity contribution in [2.75, 3.05) is 24.5 Å². The number of ether oxygens (including phenoxy) is 1. The van der Waals surface area contributed by atoms with Gasteiger partial charge in [-0.2, -0.15) is 4.98 Å². The second-order valence-electron chi connectivity index (χ2n) is 5.97. The molecule has 0 spiro atoms. The number of anilines is 1. The molecule has 1 aliphatic rings. The summed E-state index contributed by atoms with van der Waals surface area (Å²) in [5.74, 6) is 1.54. The summed E-state index contributed by atoms with van der Waals surface area (Å²) in [5.41, 5.74) is 0. The molecule has 118 valence electrons. The van der Waals surface area contributed by atoms with Gasteiger partial charge in [0.1, 0.15) is 0 Å². The van der Waals surface area contributed by atoms with Gasteiger partial charge in [0.25, 0.3) is 0 Å². The Morgan fingerprint density at radius 2 is 2.29 bits per heavy atom. The van der Waals surface area contributed by atoms with E-state index < -0.39 is 0 Å². The number of hydrogen-bond acceptors (Lipinski definition) is 5. The molecule has 1 aromatic rings. The normalized spacial score (nSPS) is 18.2. The molecule has 0 aromatic carbocycles. The van der Waals surface area contributed by atoms with Gasteiger partial charge in [-0.15, -0.1) is 0 Å². The van der Waals surface area contributed by atoms with Gasteiger partial charge in [0, 0.05) is 19.1 Å². The highest BCUT2D eigenvalue weighted by molar-refractivity contribution is 5.38. The summed E-state index contributed by atoms with van der Waals surface area (Å²) in [4.78, 5) is 11.3. The molecule has 5 heteroatoms. The van der Waals surface area contributed by atoms with Crippen LogP contribution < -0.4 is 15.0 Å². The van der Waals surface area contributed by atoms with Crippen molar-refractivity contribution in [3.63, 3.8) is 0 Å². The molecule has 0 radical (unpaired) electrons. The van der Waals surface area contributed by atoms with Gasteiger partial charge >= 0.3 is 0 Å². The number of hydrogen-bond donors (Lipinski definition) is 1. The Bertz CT molecular complexity index is 418. The standard InChI is InChI=1S/C16H28N4O/c1-4-5-9-20(12-14-7-6-8-18-14)15-10-17-11-16(19-15)21-13(2)3/h10-11,13-14,18H,4-9,12H2,1-3H3. The molecule has 1 N–H and O–H groups in total. The van der Waals surface area contributed by atoms with E-state index in [9.17, 15) is 0 Å². The van der Waals surface area contributed by atoms with Crippen molar-refractivity contribution in [2.45, 2.75) is 58.6 Å². The quantitative estimate of drug-likeness (QED) is 0.798. The number of rotatable bonds is 8. The molecular weight excluding hydrogens is 264 g/mol. The van der Waals surface area contributed by atoms with Crippen LogP contribution in [0, 0.1) is 0 Å². The van der Waals surface area contributed by atoms with Crippen LogP contribution in [0.25, 0.3) is 0 Å². The second-order valence-corrected chi connectivity index (χ2v) is 5.97. The maximum Gasteiger partial charge on any atom is 0.234 e. The fourth-order valence-corrected chi connectivity index (χ4v) is 2.62. The maximum absolute atomic E-state index is 5.66. The number of nitrogens with zero attached hydrogens (tertiary/aromatic N) is 3. The first kappa shape index (κ1) is 16.0. The third-order valence-corrected chi connectivity index (χ3v) is 3.66. The SMILES string of the molecule is CCCCN(CC1CCCN1)c1cncc(OC(C)C)n1. The van der Waals surface area contributed by atoms with Crippen LogP contribution in [-0.2, 0) is 0 Å². The molecule has 5 nitrogen and oxygen atoms in total. The molecule has 1 atom stereocenters. The van der Waals surface area contributed by atoms with Crippen LogP contribution in [0.2, 0.25) is 0 Å². The van der Waals surface area contributed by atoms with Crippen LogP contribution in [0.3, 0.4) is 0 Å². The van der Waals surface area contributed by atoms with E-state index in [4.69, 9.17) is 4.74 Å². The largest absolute Gasteiger partial charge is 0.474 e. The lowest BCUT2D eigenvalue weighted by atomic mass is 10.2. The molecule has 0 aliphatic carbocycles. The third kappa shape index (κ3) is 5.16. The molecule has 0 saturated carbocycles. The van der Waals surface area contributed by atoms with Gasteiger partial charge < -0.3 is 15.0 Å². The lowest BCUT2D eigenvalue weighted by Crippen LogP contribution is -2.38. The predicted molar refractivity (Wildman–Crippen MR) is 85.9 cm³/mol. The number of nitrogens with one attached hydrogen (secondary N) is 1. The Kier molecular flexibility index (Phi) is 6.23. The van der Waals surface area contributed by atoms with Crippen LogP contribution >= 0.6 is 0 Å². The van der Waals surface area contributed by atoms with E-state index in [1.807, 2.05) is 20.0 Å². The minimum absolute atomic E-state index is 0.121. The van der Waals surface area contributed by atoms with E-state index in [1.165, 1.54) is 25.7 Å². The molecule has 1 aliphatic heterocycles. The summed E-state index contributed by atoms with van der Waals surface area (Å²) < 4.78 is 5.66. The Labute approximate surface area is 128 Å². The van der Waals surface area contributed by atoms with Crippen LogP contribution in [0.1, 0.15) is 46.5 Å². The smallest absolute Gasteiger partial charge is 0.234 e. The molecule has 0 amide bonds. The summed E-state index contributed by atoms with van der Waals surface area (Å²) in [6.07, 6.45) is 8.53. The molecule has 0 bridgehead atoms. The first-order chi connectivity index (χ1) is 10.2. The minimum Gasteiger partial charge on any atom is -0.474 e. The number of unbranched alkanes of at least 4 members (excludes halogenated alkanes) is 1. The van der Waals surface area contributed by atoms with E-state index in [2.05, 4.69) is 27.1 Å². The van der Waals surface area contributed by atoms with Crippen molar-refractivity contribution in [1.29, 1.82) is 0 Å². The topological polar surface area (TPSA) is 50.3 Å². The van der Waals surface area contributed by atoms with E-state index >= 15 is 0 Å². The first-order valence-electron chi connectivity index (χ1n) is 8.16.